The molecule has 1 atom stereocenters. The maximum Gasteiger partial charge on any atom is 0.255 e. The summed E-state index contributed by atoms with van der Waals surface area (Å²) in [6.45, 7) is 2.55. The summed E-state index contributed by atoms with van der Waals surface area (Å²) in [6.07, 6.45) is 1.18. The number of nitrogens with two attached hydrogens (primary N) is 1. The largest absolute Gasteiger partial charge is 0.484 e. The predicted molar refractivity (Wildman–Crippen MR) is 118 cm³/mol. The number of hydrogen-bond donors (Lipinski definition) is 2. The molecule has 1 fully saturated rings. The van der Waals surface area contributed by atoms with Crippen LogP contribution in [-0.2, 0) is 11.3 Å². The fraction of sp³-hybridized carbons (Fsp3) is 0.364. The van der Waals surface area contributed by atoms with Crippen LogP contribution in [0.2, 0.25) is 0 Å². The Kier molecular flexibility index (Phi) is 7.81. The van der Waals surface area contributed by atoms with Crippen molar-refractivity contribution in [3.8, 4) is 5.75 Å². The molecule has 1 aliphatic heterocycles. The molecule has 2 aromatic rings. The summed E-state index contributed by atoms with van der Waals surface area (Å²) in [6, 6.07) is 18.2. The number of guanidine groups is 1. The number of nitrogens with zero attached hydrogens (tertiary/aromatic N) is 2. The van der Waals surface area contributed by atoms with Crippen molar-refractivity contribution in [1.82, 2.24) is 10.2 Å². The average molecular weight is 413 g/mol. The van der Waals surface area contributed by atoms with Crippen molar-refractivity contribution >= 4 is 23.6 Å². The minimum Gasteiger partial charge on any atom is -0.484 e. The zero-order valence-electron chi connectivity index (χ0n) is 16.7. The van der Waals surface area contributed by atoms with Gasteiger partial charge in [-0.2, -0.15) is 0 Å². The number of carbonyl (C=O) groups excluding carboxylic acids is 1. The van der Waals surface area contributed by atoms with Gasteiger partial charge in [-0.25, -0.2) is 0 Å². The standard InChI is InChI=1S/C22H28N4O2S/c1-24-22(25-13-17-6-5-7-19(12-17)28-15-21(23)27)26-11-10-18(14-26)16-29-20-8-3-2-4-9-20/h2-9,12,18H,10-11,13-16H2,1H3,(H2,23,27)(H,24,25). The number of amides is 1. The molecule has 0 radical (unpaired) electrons. The fourth-order valence-corrected chi connectivity index (χ4v) is 4.35. The molecule has 1 aliphatic rings. The Morgan fingerprint density at radius 3 is 2.86 bits per heavy atom. The molecular weight excluding hydrogens is 384 g/mol. The van der Waals surface area contributed by atoms with Gasteiger partial charge in [0.1, 0.15) is 5.75 Å². The smallest absolute Gasteiger partial charge is 0.255 e. The lowest BCUT2D eigenvalue weighted by Crippen LogP contribution is -2.39. The van der Waals surface area contributed by atoms with Crippen molar-refractivity contribution in [2.24, 2.45) is 16.6 Å². The lowest BCUT2D eigenvalue weighted by molar-refractivity contribution is -0.119. The van der Waals surface area contributed by atoms with Gasteiger partial charge in [0.05, 0.1) is 0 Å². The van der Waals surface area contributed by atoms with Crippen LogP contribution >= 0.6 is 11.8 Å². The summed E-state index contributed by atoms with van der Waals surface area (Å²) in [5.74, 6) is 2.85. The molecule has 3 N–H and O–H groups in total. The Bertz CT molecular complexity index is 829. The minimum absolute atomic E-state index is 0.116. The topological polar surface area (TPSA) is 80.0 Å². The zero-order valence-corrected chi connectivity index (χ0v) is 17.5. The lowest BCUT2D eigenvalue weighted by atomic mass is 10.2. The molecule has 29 heavy (non-hydrogen) atoms. The molecule has 1 saturated heterocycles. The van der Waals surface area contributed by atoms with Crippen LogP contribution in [0.25, 0.3) is 0 Å². The Balaban J connectivity index is 1.47. The van der Waals surface area contributed by atoms with E-state index in [0.29, 0.717) is 18.2 Å². The summed E-state index contributed by atoms with van der Waals surface area (Å²) >= 11 is 1.92. The number of hydrogen-bond acceptors (Lipinski definition) is 4. The van der Waals surface area contributed by atoms with Gasteiger partial charge in [-0.3, -0.25) is 9.79 Å². The second-order valence-electron chi connectivity index (χ2n) is 7.03. The number of ether oxygens (including phenoxy) is 1. The summed E-state index contributed by atoms with van der Waals surface area (Å²) in [5, 5.41) is 3.44. The van der Waals surface area contributed by atoms with E-state index in [0.717, 1.165) is 30.4 Å². The van der Waals surface area contributed by atoms with E-state index >= 15 is 0 Å². The highest BCUT2D eigenvalue weighted by atomic mass is 32.2. The van der Waals surface area contributed by atoms with E-state index in [9.17, 15) is 4.79 Å². The quantitative estimate of drug-likeness (QED) is 0.396. The molecule has 3 rings (SSSR count). The van der Waals surface area contributed by atoms with Crippen LogP contribution < -0.4 is 15.8 Å². The van der Waals surface area contributed by atoms with Crippen molar-refractivity contribution in [1.29, 1.82) is 0 Å². The third-order valence-electron chi connectivity index (χ3n) is 4.76. The van der Waals surface area contributed by atoms with Crippen molar-refractivity contribution in [2.45, 2.75) is 17.9 Å². The van der Waals surface area contributed by atoms with Gasteiger partial charge in [0.25, 0.3) is 5.91 Å². The Morgan fingerprint density at radius 1 is 1.28 bits per heavy atom. The molecule has 0 spiro atoms. The average Bonchev–Trinajstić information content (AvgIpc) is 3.21. The molecule has 154 valence electrons. The monoisotopic (exact) mass is 412 g/mol. The molecule has 2 aromatic carbocycles. The number of primary amides is 1. The SMILES string of the molecule is CN=C(NCc1cccc(OCC(N)=O)c1)N1CCC(CSc2ccccc2)C1. The van der Waals surface area contributed by atoms with Crippen LogP contribution in [0.1, 0.15) is 12.0 Å². The molecule has 1 heterocycles. The van der Waals surface area contributed by atoms with Gasteiger partial charge < -0.3 is 20.7 Å². The van der Waals surface area contributed by atoms with Gasteiger partial charge in [-0.1, -0.05) is 30.3 Å². The first-order valence-electron chi connectivity index (χ1n) is 9.77. The molecule has 1 amide bonds. The lowest BCUT2D eigenvalue weighted by Gasteiger charge is -2.22. The highest BCUT2D eigenvalue weighted by molar-refractivity contribution is 7.99. The van der Waals surface area contributed by atoms with Gasteiger partial charge >= 0.3 is 0 Å². The first-order chi connectivity index (χ1) is 14.1. The highest BCUT2D eigenvalue weighted by Crippen LogP contribution is 2.26. The van der Waals surface area contributed by atoms with E-state index in [1.807, 2.05) is 43.1 Å². The van der Waals surface area contributed by atoms with Crippen molar-refractivity contribution in [3.05, 3.63) is 60.2 Å². The van der Waals surface area contributed by atoms with Crippen molar-refractivity contribution in [3.63, 3.8) is 0 Å². The van der Waals surface area contributed by atoms with E-state index in [1.54, 1.807) is 0 Å². The van der Waals surface area contributed by atoms with Crippen LogP contribution in [0.4, 0.5) is 0 Å². The second kappa shape index (κ2) is 10.8. The van der Waals surface area contributed by atoms with Crippen LogP contribution in [0.5, 0.6) is 5.75 Å². The van der Waals surface area contributed by atoms with Gasteiger partial charge in [-0.05, 0) is 42.2 Å². The summed E-state index contributed by atoms with van der Waals surface area (Å²) in [7, 11) is 1.82. The third-order valence-corrected chi connectivity index (χ3v) is 6.00. The molecule has 1 unspecified atom stereocenters. The number of thioether (sulfide) groups is 1. The van der Waals surface area contributed by atoms with Gasteiger partial charge in [0, 0.05) is 37.3 Å². The van der Waals surface area contributed by atoms with Crippen LogP contribution in [-0.4, -0.2) is 49.3 Å². The van der Waals surface area contributed by atoms with Crippen LogP contribution in [0.15, 0.2) is 64.5 Å². The first-order valence-corrected chi connectivity index (χ1v) is 10.8. The predicted octanol–water partition coefficient (Wildman–Crippen LogP) is 2.74. The van der Waals surface area contributed by atoms with Gasteiger partial charge in [-0.15, -0.1) is 11.8 Å². The van der Waals surface area contributed by atoms with E-state index in [2.05, 4.69) is 45.5 Å². The second-order valence-corrected chi connectivity index (χ2v) is 8.12. The molecule has 6 nitrogen and oxygen atoms in total. The number of rotatable bonds is 8. The molecular formula is C22H28N4O2S. The molecule has 7 heteroatoms. The third kappa shape index (κ3) is 6.71. The van der Waals surface area contributed by atoms with E-state index in [-0.39, 0.29) is 6.61 Å². The summed E-state index contributed by atoms with van der Waals surface area (Å²) in [4.78, 5) is 19.0. The zero-order chi connectivity index (χ0) is 20.5. The van der Waals surface area contributed by atoms with E-state index in [4.69, 9.17) is 10.5 Å². The molecule has 0 aromatic heterocycles. The van der Waals surface area contributed by atoms with E-state index in [1.165, 1.54) is 11.3 Å². The maximum absolute atomic E-state index is 10.9. The number of aliphatic imine (C=N–C) groups is 1. The van der Waals surface area contributed by atoms with Gasteiger partial charge in [0.2, 0.25) is 0 Å². The number of likely N-dealkylation sites (tertiary alicyclic amines) is 1. The normalized spacial score (nSPS) is 16.7. The first kappa shape index (κ1) is 21.0. The molecule has 0 saturated carbocycles. The number of nitrogens with one attached hydrogen (secondary N) is 1. The van der Waals surface area contributed by atoms with Crippen molar-refractivity contribution in [2.75, 3.05) is 32.5 Å². The minimum atomic E-state index is -0.483. The van der Waals surface area contributed by atoms with Crippen LogP contribution in [0.3, 0.4) is 0 Å². The number of benzene rings is 2. The Morgan fingerprint density at radius 2 is 2.10 bits per heavy atom. The Labute approximate surface area is 176 Å². The maximum atomic E-state index is 10.9. The number of carbonyl (C=O) groups is 1. The van der Waals surface area contributed by atoms with Gasteiger partial charge in [0.15, 0.2) is 12.6 Å². The molecule has 0 bridgehead atoms. The van der Waals surface area contributed by atoms with Crippen LogP contribution in [0, 0.1) is 5.92 Å². The molecule has 0 aliphatic carbocycles. The highest BCUT2D eigenvalue weighted by Gasteiger charge is 2.24. The fourth-order valence-electron chi connectivity index (χ4n) is 3.30. The summed E-state index contributed by atoms with van der Waals surface area (Å²) < 4.78 is 5.37. The van der Waals surface area contributed by atoms with E-state index < -0.39 is 5.91 Å². The summed E-state index contributed by atoms with van der Waals surface area (Å²) in [5.41, 5.74) is 6.19. The Hall–Kier alpha value is -2.67. The van der Waals surface area contributed by atoms with Crippen molar-refractivity contribution < 1.29 is 9.53 Å².